The zero-order valence-electron chi connectivity index (χ0n) is 40.0. The first-order valence-corrected chi connectivity index (χ1v) is 24.4. The average molecular weight is 885 g/mol. The Morgan fingerprint density at radius 2 is 0.493 bits per heavy atom. The van der Waals surface area contributed by atoms with Crippen LogP contribution in [0.25, 0.3) is 100 Å². The van der Waals surface area contributed by atoms with Crippen molar-refractivity contribution in [1.29, 1.82) is 0 Å². The van der Waals surface area contributed by atoms with Crippen LogP contribution in [0.1, 0.15) is 74.9 Å². The fourth-order valence-electron chi connectivity index (χ4n) is 12.1. The molecule has 0 saturated carbocycles. The van der Waals surface area contributed by atoms with Gasteiger partial charge in [-0.15, -0.1) is 0 Å². The van der Waals surface area contributed by atoms with Gasteiger partial charge < -0.3 is 0 Å². The number of benzene rings is 9. The number of hydrogen-bond acceptors (Lipinski definition) is 2. The third-order valence-electron chi connectivity index (χ3n) is 16.0. The predicted octanol–water partition coefficient (Wildman–Crippen LogP) is 17.4. The number of aromatic nitrogens is 2. The number of rotatable bonds is 6. The summed E-state index contributed by atoms with van der Waals surface area (Å²) in [5.41, 5.74) is 29.1. The van der Waals surface area contributed by atoms with E-state index in [0.29, 0.717) is 0 Å². The Morgan fingerprint density at radius 1 is 0.232 bits per heavy atom. The van der Waals surface area contributed by atoms with Gasteiger partial charge in [0.2, 0.25) is 0 Å². The summed E-state index contributed by atoms with van der Waals surface area (Å²) < 4.78 is 0. The van der Waals surface area contributed by atoms with Crippen LogP contribution in [0.3, 0.4) is 0 Å². The van der Waals surface area contributed by atoms with Crippen molar-refractivity contribution in [3.8, 4) is 100 Å². The highest BCUT2D eigenvalue weighted by Crippen LogP contribution is 2.55. The first-order valence-electron chi connectivity index (χ1n) is 24.4. The SMILES string of the molecule is CC1(C)c2cc(-c3cc(-c4ccccc4)cc(-c4ccccc4)c3)ccc2-c2ccc(-c3ccc4c(c3)C(C)(C)c3cc(-c5ccc6c(c5)C(C)(C)c5cc(-c7ncccn7)ccc5-6)ccc3-4)cc21. The molecule has 0 fully saturated rings. The Balaban J connectivity index is 0.807. The minimum Gasteiger partial charge on any atom is -0.237 e. The van der Waals surface area contributed by atoms with E-state index < -0.39 is 0 Å². The predicted molar refractivity (Wildman–Crippen MR) is 287 cm³/mol. The molecule has 3 aliphatic carbocycles. The summed E-state index contributed by atoms with van der Waals surface area (Å²) in [5.74, 6) is 0.762. The van der Waals surface area contributed by atoms with Crippen LogP contribution >= 0.6 is 0 Å². The minimum absolute atomic E-state index is 0.158. The Hall–Kier alpha value is -7.94. The van der Waals surface area contributed by atoms with Crippen molar-refractivity contribution in [3.63, 3.8) is 0 Å². The summed E-state index contributed by atoms with van der Waals surface area (Å²) in [5, 5.41) is 0. The van der Waals surface area contributed by atoms with Gasteiger partial charge >= 0.3 is 0 Å². The summed E-state index contributed by atoms with van der Waals surface area (Å²) in [6, 6.07) is 72.8. The van der Waals surface area contributed by atoms with Crippen molar-refractivity contribution in [1.82, 2.24) is 9.97 Å². The second-order valence-electron chi connectivity index (χ2n) is 21.0. The van der Waals surface area contributed by atoms with Crippen molar-refractivity contribution >= 4 is 0 Å². The Morgan fingerprint density at radius 3 is 0.812 bits per heavy atom. The van der Waals surface area contributed by atoms with Crippen LogP contribution in [-0.4, -0.2) is 9.97 Å². The molecule has 3 aliphatic rings. The monoisotopic (exact) mass is 884 g/mol. The van der Waals surface area contributed by atoms with Crippen molar-refractivity contribution in [2.45, 2.75) is 57.8 Å². The molecule has 13 rings (SSSR count). The van der Waals surface area contributed by atoms with Crippen LogP contribution < -0.4 is 0 Å². The quantitative estimate of drug-likeness (QED) is 0.166. The Bertz CT molecular complexity index is 3670. The molecule has 0 bridgehead atoms. The molecule has 0 spiro atoms. The molecule has 0 saturated heterocycles. The number of fused-ring (bicyclic) bond motifs is 9. The van der Waals surface area contributed by atoms with E-state index in [1.807, 2.05) is 18.5 Å². The van der Waals surface area contributed by atoms with Crippen LogP contribution in [0, 0.1) is 0 Å². The van der Waals surface area contributed by atoms with Gasteiger partial charge in [0.05, 0.1) is 0 Å². The second kappa shape index (κ2) is 15.0. The van der Waals surface area contributed by atoms with Gasteiger partial charge in [-0.25, -0.2) is 9.97 Å². The molecule has 0 atom stereocenters. The molecule has 0 amide bonds. The molecule has 0 aliphatic heterocycles. The summed E-state index contributed by atoms with van der Waals surface area (Å²) >= 11 is 0. The molecule has 2 nitrogen and oxygen atoms in total. The molecule has 0 unspecified atom stereocenters. The van der Waals surface area contributed by atoms with Gasteiger partial charge in [0.25, 0.3) is 0 Å². The largest absolute Gasteiger partial charge is 0.237 e. The lowest BCUT2D eigenvalue weighted by atomic mass is 9.79. The topological polar surface area (TPSA) is 25.8 Å². The molecule has 330 valence electrons. The molecular weight excluding hydrogens is 833 g/mol. The molecule has 1 heterocycles. The smallest absolute Gasteiger partial charge is 0.159 e. The first kappa shape index (κ1) is 41.3. The van der Waals surface area contributed by atoms with E-state index in [1.54, 1.807) is 0 Å². The van der Waals surface area contributed by atoms with E-state index in [2.05, 4.69) is 240 Å². The lowest BCUT2D eigenvalue weighted by molar-refractivity contribution is 0.659. The summed E-state index contributed by atoms with van der Waals surface area (Å²) in [4.78, 5) is 9.08. The minimum atomic E-state index is -0.172. The van der Waals surface area contributed by atoms with Crippen LogP contribution in [-0.2, 0) is 16.2 Å². The van der Waals surface area contributed by atoms with Gasteiger partial charge in [-0.1, -0.05) is 175 Å². The highest BCUT2D eigenvalue weighted by Gasteiger charge is 2.39. The standard InChI is InChI=1S/C67H52N2/c1-65(2)58-35-43(18-24-52(58)53-25-19-44(36-59(53)65)46-21-27-55-57-29-23-48(64-68-30-13-31-69-64)40-63(57)67(5,6)61(55)38-46)45-20-26-54-56-28-22-47(39-62(56)66(3,4)60(54)37-45)51-33-49(41-14-9-7-10-15-41)32-50(34-51)42-16-11-8-12-17-42/h7-40H,1-6H3. The average Bonchev–Trinajstić information content (AvgIpc) is 3.87. The third-order valence-corrected chi connectivity index (χ3v) is 16.0. The molecular formula is C67H52N2. The maximum absolute atomic E-state index is 4.54. The van der Waals surface area contributed by atoms with E-state index in [-0.39, 0.29) is 16.2 Å². The van der Waals surface area contributed by atoms with E-state index in [1.165, 1.54) is 122 Å². The van der Waals surface area contributed by atoms with Gasteiger partial charge in [-0.2, -0.15) is 0 Å². The molecule has 0 N–H and O–H groups in total. The van der Waals surface area contributed by atoms with Crippen molar-refractivity contribution < 1.29 is 0 Å². The van der Waals surface area contributed by atoms with Crippen LogP contribution in [0.4, 0.5) is 0 Å². The third kappa shape index (κ3) is 6.39. The van der Waals surface area contributed by atoms with Crippen molar-refractivity contribution in [2.24, 2.45) is 0 Å². The van der Waals surface area contributed by atoms with Gasteiger partial charge in [-0.3, -0.25) is 0 Å². The lowest BCUT2D eigenvalue weighted by Crippen LogP contribution is -2.16. The highest BCUT2D eigenvalue weighted by molar-refractivity contribution is 5.91. The van der Waals surface area contributed by atoms with Gasteiger partial charge in [0.1, 0.15) is 0 Å². The van der Waals surface area contributed by atoms with Gasteiger partial charge in [-0.05, 0) is 183 Å². The van der Waals surface area contributed by atoms with Crippen LogP contribution in [0.15, 0.2) is 207 Å². The normalized spacial score (nSPS) is 14.9. The molecule has 10 aromatic rings. The van der Waals surface area contributed by atoms with Gasteiger partial charge in [0, 0.05) is 34.2 Å². The van der Waals surface area contributed by atoms with Crippen molar-refractivity contribution in [2.75, 3.05) is 0 Å². The Labute approximate surface area is 406 Å². The number of hydrogen-bond donors (Lipinski definition) is 0. The first-order chi connectivity index (χ1) is 33.4. The second-order valence-corrected chi connectivity index (χ2v) is 21.0. The zero-order valence-corrected chi connectivity index (χ0v) is 40.0. The molecule has 0 radical (unpaired) electrons. The van der Waals surface area contributed by atoms with Crippen LogP contribution in [0.5, 0.6) is 0 Å². The van der Waals surface area contributed by atoms with E-state index >= 15 is 0 Å². The van der Waals surface area contributed by atoms with E-state index in [9.17, 15) is 0 Å². The zero-order chi connectivity index (χ0) is 46.8. The van der Waals surface area contributed by atoms with E-state index in [4.69, 9.17) is 0 Å². The highest BCUT2D eigenvalue weighted by atomic mass is 14.8. The lowest BCUT2D eigenvalue weighted by Gasteiger charge is -2.24. The van der Waals surface area contributed by atoms with E-state index in [0.717, 1.165) is 11.4 Å². The summed E-state index contributed by atoms with van der Waals surface area (Å²) in [7, 11) is 0. The fraction of sp³-hybridized carbons (Fsp3) is 0.134. The van der Waals surface area contributed by atoms with Gasteiger partial charge in [0.15, 0.2) is 5.82 Å². The fourth-order valence-corrected chi connectivity index (χ4v) is 12.1. The summed E-state index contributed by atoms with van der Waals surface area (Å²) in [6.07, 6.45) is 3.63. The molecule has 9 aromatic carbocycles. The number of nitrogens with zero attached hydrogens (tertiary/aromatic N) is 2. The summed E-state index contributed by atoms with van der Waals surface area (Å²) in [6.45, 7) is 14.3. The molecule has 1 aromatic heterocycles. The Kier molecular flexibility index (Phi) is 8.99. The molecule has 69 heavy (non-hydrogen) atoms. The van der Waals surface area contributed by atoms with Crippen molar-refractivity contribution in [3.05, 3.63) is 240 Å². The molecule has 2 heteroatoms. The maximum atomic E-state index is 4.54. The maximum Gasteiger partial charge on any atom is 0.159 e. The van der Waals surface area contributed by atoms with Crippen LogP contribution in [0.2, 0.25) is 0 Å².